The molecule has 0 saturated carbocycles. The van der Waals surface area contributed by atoms with Gasteiger partial charge in [-0.25, -0.2) is 0 Å². The summed E-state index contributed by atoms with van der Waals surface area (Å²) in [5.41, 5.74) is 2.32. The van der Waals surface area contributed by atoms with Crippen LogP contribution < -0.4 is 5.32 Å². The number of hydrogen-bond acceptors (Lipinski definition) is 4. The number of allylic oxidation sites excluding steroid dienone is 1. The van der Waals surface area contributed by atoms with Crippen LogP contribution in [0.5, 0.6) is 0 Å². The van der Waals surface area contributed by atoms with Crippen molar-refractivity contribution in [1.29, 1.82) is 0 Å². The van der Waals surface area contributed by atoms with Gasteiger partial charge in [0.2, 0.25) is 0 Å². The molecule has 5 heteroatoms. The van der Waals surface area contributed by atoms with Crippen molar-refractivity contribution in [2.24, 2.45) is 0 Å². The maximum absolute atomic E-state index is 9.62. The summed E-state index contributed by atoms with van der Waals surface area (Å²) in [5, 5.41) is 17.5. The predicted octanol–water partition coefficient (Wildman–Crippen LogP) is 0.924. The quantitative estimate of drug-likeness (QED) is 0.575. The van der Waals surface area contributed by atoms with E-state index in [1.165, 1.54) is 5.56 Å². The first kappa shape index (κ1) is 15.2. The molecule has 2 heterocycles. The number of piperidine rings is 1. The first-order chi connectivity index (χ1) is 9.69. The van der Waals surface area contributed by atoms with E-state index in [1.54, 1.807) is 0 Å². The number of aromatic nitrogens is 2. The average molecular weight is 278 g/mol. The van der Waals surface area contributed by atoms with Crippen LogP contribution in [-0.4, -0.2) is 52.1 Å². The molecule has 1 aliphatic rings. The zero-order valence-corrected chi connectivity index (χ0v) is 12.4. The molecule has 0 amide bonds. The van der Waals surface area contributed by atoms with E-state index < -0.39 is 0 Å². The van der Waals surface area contributed by atoms with Crippen LogP contribution in [0, 0.1) is 6.92 Å². The zero-order valence-electron chi connectivity index (χ0n) is 12.4. The third-order valence-electron chi connectivity index (χ3n) is 3.77. The van der Waals surface area contributed by atoms with Gasteiger partial charge in [-0.2, -0.15) is 5.10 Å². The Balaban J connectivity index is 1.69. The Hall–Kier alpha value is -1.17. The Labute approximate surface area is 121 Å². The summed E-state index contributed by atoms with van der Waals surface area (Å²) in [6.45, 7) is 11.2. The number of hydrogen-bond donors (Lipinski definition) is 2. The fourth-order valence-corrected chi connectivity index (χ4v) is 2.65. The Morgan fingerprint density at radius 1 is 1.60 bits per heavy atom. The third kappa shape index (κ3) is 4.44. The molecule has 0 unspecified atom stereocenters. The Bertz CT molecular complexity index is 430. The fourth-order valence-electron chi connectivity index (χ4n) is 2.65. The molecule has 2 rings (SSSR count). The second-order valence-electron chi connectivity index (χ2n) is 5.52. The summed E-state index contributed by atoms with van der Waals surface area (Å²) in [6.07, 6.45) is 5.85. The summed E-state index contributed by atoms with van der Waals surface area (Å²) in [6, 6.07) is 0. The number of nitrogens with one attached hydrogen (secondary N) is 1. The minimum Gasteiger partial charge on any atom is -0.392 e. The molecule has 0 aliphatic carbocycles. The number of aliphatic hydroxyl groups excluding tert-OH is 1. The van der Waals surface area contributed by atoms with Crippen molar-refractivity contribution in [2.75, 3.05) is 26.2 Å². The van der Waals surface area contributed by atoms with Gasteiger partial charge in [0.15, 0.2) is 0 Å². The standard InChI is InChI=1S/C15H26N4O/c1-3-7-19-11-14(13(2)17-19)10-16-6-9-18-8-4-5-15(20)12-18/h3,11,15-16,20H,1,4-10,12H2,2H3/t15-/m1/s1. The van der Waals surface area contributed by atoms with Gasteiger partial charge in [-0.3, -0.25) is 9.58 Å². The van der Waals surface area contributed by atoms with Gasteiger partial charge in [0.25, 0.3) is 0 Å². The van der Waals surface area contributed by atoms with Crippen molar-refractivity contribution >= 4 is 0 Å². The van der Waals surface area contributed by atoms with Gasteiger partial charge in [0, 0.05) is 37.9 Å². The first-order valence-electron chi connectivity index (χ1n) is 7.44. The molecule has 1 saturated heterocycles. The Kier molecular flexibility index (Phi) is 5.76. The molecular weight excluding hydrogens is 252 g/mol. The monoisotopic (exact) mass is 278 g/mol. The van der Waals surface area contributed by atoms with Gasteiger partial charge < -0.3 is 10.4 Å². The summed E-state index contributed by atoms with van der Waals surface area (Å²) < 4.78 is 1.92. The number of likely N-dealkylation sites (tertiary alicyclic amines) is 1. The molecule has 5 nitrogen and oxygen atoms in total. The van der Waals surface area contributed by atoms with Crippen LogP contribution in [0.4, 0.5) is 0 Å². The van der Waals surface area contributed by atoms with E-state index >= 15 is 0 Å². The number of nitrogens with zero attached hydrogens (tertiary/aromatic N) is 3. The predicted molar refractivity (Wildman–Crippen MR) is 80.5 cm³/mol. The Morgan fingerprint density at radius 3 is 3.20 bits per heavy atom. The van der Waals surface area contributed by atoms with Crippen LogP contribution in [0.25, 0.3) is 0 Å². The molecule has 1 aromatic rings. The lowest BCUT2D eigenvalue weighted by Gasteiger charge is -2.29. The largest absolute Gasteiger partial charge is 0.392 e. The molecule has 0 bridgehead atoms. The van der Waals surface area contributed by atoms with Gasteiger partial charge in [0.05, 0.1) is 18.3 Å². The van der Waals surface area contributed by atoms with Crippen LogP contribution in [0.2, 0.25) is 0 Å². The van der Waals surface area contributed by atoms with Gasteiger partial charge in [-0.1, -0.05) is 6.08 Å². The number of rotatable bonds is 7. The molecule has 1 fully saturated rings. The van der Waals surface area contributed by atoms with Crippen molar-refractivity contribution in [3.05, 3.63) is 30.1 Å². The second kappa shape index (κ2) is 7.57. The normalized spacial score (nSPS) is 20.2. The molecule has 20 heavy (non-hydrogen) atoms. The highest BCUT2D eigenvalue weighted by atomic mass is 16.3. The van der Waals surface area contributed by atoms with E-state index in [1.807, 2.05) is 17.7 Å². The van der Waals surface area contributed by atoms with E-state index in [0.717, 1.165) is 57.8 Å². The average Bonchev–Trinajstić information content (AvgIpc) is 2.76. The van der Waals surface area contributed by atoms with Crippen molar-refractivity contribution in [2.45, 2.75) is 39.0 Å². The van der Waals surface area contributed by atoms with Crippen LogP contribution in [-0.2, 0) is 13.1 Å². The first-order valence-corrected chi connectivity index (χ1v) is 7.44. The minimum absolute atomic E-state index is 0.136. The third-order valence-corrected chi connectivity index (χ3v) is 3.77. The van der Waals surface area contributed by atoms with E-state index in [0.29, 0.717) is 0 Å². The smallest absolute Gasteiger partial charge is 0.0667 e. The minimum atomic E-state index is -0.136. The second-order valence-corrected chi connectivity index (χ2v) is 5.52. The van der Waals surface area contributed by atoms with Crippen molar-refractivity contribution < 1.29 is 5.11 Å². The number of β-amino-alcohol motifs (C(OH)–C–C–N with tert-alkyl or cyclic N) is 1. The number of aliphatic hydroxyl groups is 1. The molecule has 1 aromatic heterocycles. The molecule has 1 atom stereocenters. The molecule has 2 N–H and O–H groups in total. The van der Waals surface area contributed by atoms with Gasteiger partial charge in [-0.15, -0.1) is 6.58 Å². The van der Waals surface area contributed by atoms with Crippen molar-refractivity contribution in [1.82, 2.24) is 20.0 Å². The van der Waals surface area contributed by atoms with E-state index in [-0.39, 0.29) is 6.10 Å². The van der Waals surface area contributed by atoms with Crippen molar-refractivity contribution in [3.63, 3.8) is 0 Å². The van der Waals surface area contributed by atoms with Gasteiger partial charge in [0.1, 0.15) is 0 Å². The topological polar surface area (TPSA) is 53.3 Å². The maximum atomic E-state index is 9.62. The van der Waals surface area contributed by atoms with Crippen LogP contribution in [0.1, 0.15) is 24.1 Å². The SMILES string of the molecule is C=CCn1cc(CNCCN2CCC[C@@H](O)C2)c(C)n1. The highest BCUT2D eigenvalue weighted by molar-refractivity contribution is 5.15. The summed E-state index contributed by atoms with van der Waals surface area (Å²) in [7, 11) is 0. The van der Waals surface area contributed by atoms with E-state index in [4.69, 9.17) is 0 Å². The highest BCUT2D eigenvalue weighted by Crippen LogP contribution is 2.09. The van der Waals surface area contributed by atoms with Crippen LogP contribution in [0.15, 0.2) is 18.9 Å². The van der Waals surface area contributed by atoms with Crippen LogP contribution >= 0.6 is 0 Å². The highest BCUT2D eigenvalue weighted by Gasteiger charge is 2.16. The van der Waals surface area contributed by atoms with Gasteiger partial charge in [-0.05, 0) is 26.3 Å². The molecule has 0 spiro atoms. The van der Waals surface area contributed by atoms with E-state index in [9.17, 15) is 5.11 Å². The lowest BCUT2D eigenvalue weighted by atomic mass is 10.1. The molecule has 1 aliphatic heterocycles. The molecular formula is C15H26N4O. The van der Waals surface area contributed by atoms with Crippen molar-refractivity contribution in [3.8, 4) is 0 Å². The fraction of sp³-hybridized carbons (Fsp3) is 0.667. The summed E-state index contributed by atoms with van der Waals surface area (Å²) in [4.78, 5) is 2.33. The van der Waals surface area contributed by atoms with E-state index in [2.05, 4.69) is 28.1 Å². The summed E-state index contributed by atoms with van der Waals surface area (Å²) >= 11 is 0. The molecule has 112 valence electrons. The lowest BCUT2D eigenvalue weighted by molar-refractivity contribution is 0.0712. The lowest BCUT2D eigenvalue weighted by Crippen LogP contribution is -2.41. The van der Waals surface area contributed by atoms with Crippen LogP contribution in [0.3, 0.4) is 0 Å². The number of aryl methyl sites for hydroxylation is 1. The maximum Gasteiger partial charge on any atom is 0.0667 e. The Morgan fingerprint density at radius 2 is 2.45 bits per heavy atom. The van der Waals surface area contributed by atoms with Gasteiger partial charge >= 0.3 is 0 Å². The summed E-state index contributed by atoms with van der Waals surface area (Å²) in [5.74, 6) is 0. The molecule has 0 aromatic carbocycles. The zero-order chi connectivity index (χ0) is 14.4. The molecule has 0 radical (unpaired) electrons.